The number of aromatic nitrogens is 1. The Labute approximate surface area is 145 Å². The minimum absolute atomic E-state index is 0.0460. The number of anilines is 1. The van der Waals surface area contributed by atoms with Crippen LogP contribution < -0.4 is 5.32 Å². The van der Waals surface area contributed by atoms with Crippen molar-refractivity contribution < 1.29 is 14.1 Å². The fraction of sp³-hybridized carbons (Fsp3) is 0.150. The quantitative estimate of drug-likeness (QED) is 0.715. The first-order valence-corrected chi connectivity index (χ1v) is 7.95. The molecule has 0 saturated heterocycles. The molecule has 0 unspecified atom stereocenters. The van der Waals surface area contributed by atoms with Gasteiger partial charge in [0, 0.05) is 22.9 Å². The Kier molecular flexibility index (Phi) is 4.75. The first-order chi connectivity index (χ1) is 12.0. The van der Waals surface area contributed by atoms with Crippen LogP contribution in [0.5, 0.6) is 0 Å². The third-order valence-corrected chi connectivity index (χ3v) is 3.79. The summed E-state index contributed by atoms with van der Waals surface area (Å²) in [5.74, 6) is 0.362. The van der Waals surface area contributed by atoms with Crippen molar-refractivity contribution in [2.24, 2.45) is 0 Å². The Morgan fingerprint density at radius 1 is 1.08 bits per heavy atom. The lowest BCUT2D eigenvalue weighted by atomic mass is 10.1. The van der Waals surface area contributed by atoms with E-state index in [2.05, 4.69) is 10.5 Å². The molecule has 0 bridgehead atoms. The summed E-state index contributed by atoms with van der Waals surface area (Å²) in [5, 5.41) is 6.72. The van der Waals surface area contributed by atoms with Crippen molar-refractivity contribution in [2.45, 2.75) is 20.3 Å². The van der Waals surface area contributed by atoms with Crippen molar-refractivity contribution in [3.05, 3.63) is 71.4 Å². The van der Waals surface area contributed by atoms with Crippen LogP contribution >= 0.6 is 0 Å². The number of Topliss-reactive ketones (excluding diaryl/α,β-unsaturated/α-hetero) is 1. The number of nitrogens with one attached hydrogen (secondary N) is 1. The van der Waals surface area contributed by atoms with Gasteiger partial charge < -0.3 is 9.84 Å². The van der Waals surface area contributed by atoms with Crippen molar-refractivity contribution in [1.29, 1.82) is 0 Å². The smallest absolute Gasteiger partial charge is 0.230 e. The zero-order chi connectivity index (χ0) is 17.8. The maximum absolute atomic E-state index is 12.2. The summed E-state index contributed by atoms with van der Waals surface area (Å²) in [6.07, 6.45) is 0.0969. The van der Waals surface area contributed by atoms with E-state index in [-0.39, 0.29) is 18.1 Å². The van der Waals surface area contributed by atoms with E-state index >= 15 is 0 Å². The largest absolute Gasteiger partial charge is 0.356 e. The number of hydrogen-bond donors (Lipinski definition) is 1. The van der Waals surface area contributed by atoms with E-state index in [9.17, 15) is 9.59 Å². The van der Waals surface area contributed by atoms with E-state index in [4.69, 9.17) is 4.52 Å². The van der Waals surface area contributed by atoms with Crippen LogP contribution in [0.1, 0.15) is 28.5 Å². The van der Waals surface area contributed by atoms with E-state index in [1.807, 2.05) is 31.2 Å². The Bertz CT molecular complexity index is 911. The van der Waals surface area contributed by atoms with Crippen molar-refractivity contribution in [1.82, 2.24) is 5.16 Å². The molecule has 3 rings (SSSR count). The molecule has 1 N–H and O–H groups in total. The fourth-order valence-corrected chi connectivity index (χ4v) is 2.43. The lowest BCUT2D eigenvalue weighted by Crippen LogP contribution is -2.14. The highest BCUT2D eigenvalue weighted by Crippen LogP contribution is 2.21. The lowest BCUT2D eigenvalue weighted by Gasteiger charge is -2.05. The molecule has 5 nitrogen and oxygen atoms in total. The van der Waals surface area contributed by atoms with Gasteiger partial charge in [-0.15, -0.1) is 0 Å². The third-order valence-electron chi connectivity index (χ3n) is 3.79. The van der Waals surface area contributed by atoms with Crippen molar-refractivity contribution >= 4 is 17.4 Å². The number of aryl methyl sites for hydroxylation is 1. The number of carbonyl (C=O) groups excluding carboxylic acids is 2. The Balaban J connectivity index is 1.66. The minimum Gasteiger partial charge on any atom is -0.356 e. The van der Waals surface area contributed by atoms with E-state index in [1.54, 1.807) is 30.3 Å². The molecule has 0 aliphatic carbocycles. The van der Waals surface area contributed by atoms with Crippen LogP contribution in [0.4, 0.5) is 5.69 Å². The van der Waals surface area contributed by atoms with Crippen LogP contribution in [0.25, 0.3) is 11.3 Å². The van der Waals surface area contributed by atoms with Crippen molar-refractivity contribution in [2.75, 3.05) is 5.32 Å². The summed E-state index contributed by atoms with van der Waals surface area (Å²) >= 11 is 0. The van der Waals surface area contributed by atoms with Crippen LogP contribution in [0, 0.1) is 6.92 Å². The van der Waals surface area contributed by atoms with Gasteiger partial charge in [0.05, 0.1) is 12.1 Å². The maximum Gasteiger partial charge on any atom is 0.230 e. The first kappa shape index (κ1) is 16.6. The number of carbonyl (C=O) groups is 2. The fourth-order valence-electron chi connectivity index (χ4n) is 2.43. The molecule has 0 spiro atoms. The van der Waals surface area contributed by atoms with E-state index in [0.717, 1.165) is 11.1 Å². The van der Waals surface area contributed by atoms with Gasteiger partial charge >= 0.3 is 0 Å². The molecule has 1 amide bonds. The van der Waals surface area contributed by atoms with Gasteiger partial charge in [-0.05, 0) is 26.0 Å². The SMILES string of the molecule is CC(=O)c1cccc(NC(=O)Cc2cc(-c3ccc(C)cc3)on2)c1. The molecule has 126 valence electrons. The van der Waals surface area contributed by atoms with Gasteiger partial charge in [-0.2, -0.15) is 0 Å². The van der Waals surface area contributed by atoms with Crippen LogP contribution in [-0.4, -0.2) is 16.8 Å². The monoisotopic (exact) mass is 334 g/mol. The number of rotatable bonds is 5. The normalized spacial score (nSPS) is 10.5. The van der Waals surface area contributed by atoms with Gasteiger partial charge in [-0.1, -0.05) is 47.1 Å². The van der Waals surface area contributed by atoms with Crippen molar-refractivity contribution in [3.8, 4) is 11.3 Å². The average molecular weight is 334 g/mol. The summed E-state index contributed by atoms with van der Waals surface area (Å²) < 4.78 is 5.32. The van der Waals surface area contributed by atoms with Crippen molar-refractivity contribution in [3.63, 3.8) is 0 Å². The molecule has 25 heavy (non-hydrogen) atoms. The molecule has 0 fully saturated rings. The zero-order valence-corrected chi connectivity index (χ0v) is 14.1. The average Bonchev–Trinajstić information content (AvgIpc) is 3.04. The third kappa shape index (κ3) is 4.20. The van der Waals surface area contributed by atoms with Crippen LogP contribution in [0.2, 0.25) is 0 Å². The molecule has 0 atom stereocenters. The zero-order valence-electron chi connectivity index (χ0n) is 14.1. The Hall–Kier alpha value is -3.21. The predicted molar refractivity (Wildman–Crippen MR) is 95.5 cm³/mol. The standard InChI is InChI=1S/C20H18N2O3/c1-13-6-8-15(9-7-13)19-11-18(22-25-19)12-20(24)21-17-5-3-4-16(10-17)14(2)23/h3-11H,12H2,1-2H3,(H,21,24). The molecule has 0 aliphatic rings. The molecular formula is C20H18N2O3. The molecule has 3 aromatic rings. The number of amides is 1. The number of nitrogens with zero attached hydrogens (tertiary/aromatic N) is 1. The summed E-state index contributed by atoms with van der Waals surface area (Å²) in [7, 11) is 0. The molecule has 0 aliphatic heterocycles. The van der Waals surface area contributed by atoms with Crippen LogP contribution in [-0.2, 0) is 11.2 Å². The maximum atomic E-state index is 12.2. The summed E-state index contributed by atoms with van der Waals surface area (Å²) in [6.45, 7) is 3.50. The number of hydrogen-bond acceptors (Lipinski definition) is 4. The van der Waals surface area contributed by atoms with Gasteiger partial charge in [0.1, 0.15) is 0 Å². The molecule has 5 heteroatoms. The summed E-state index contributed by atoms with van der Waals surface area (Å²) in [4.78, 5) is 23.6. The second-order valence-corrected chi connectivity index (χ2v) is 5.91. The van der Waals surface area contributed by atoms with Crippen LogP contribution in [0.15, 0.2) is 59.1 Å². The van der Waals surface area contributed by atoms with E-state index < -0.39 is 0 Å². The molecule has 0 saturated carbocycles. The Morgan fingerprint density at radius 3 is 2.56 bits per heavy atom. The molecular weight excluding hydrogens is 316 g/mol. The van der Waals surface area contributed by atoms with Crippen LogP contribution in [0.3, 0.4) is 0 Å². The molecule has 2 aromatic carbocycles. The summed E-state index contributed by atoms with van der Waals surface area (Å²) in [5.41, 5.74) is 3.77. The highest BCUT2D eigenvalue weighted by atomic mass is 16.5. The highest BCUT2D eigenvalue weighted by molar-refractivity contribution is 5.97. The molecule has 0 radical (unpaired) electrons. The summed E-state index contributed by atoms with van der Waals surface area (Å²) in [6, 6.07) is 16.5. The van der Waals surface area contributed by atoms with Gasteiger partial charge in [-0.3, -0.25) is 9.59 Å². The number of benzene rings is 2. The second-order valence-electron chi connectivity index (χ2n) is 5.91. The van der Waals surface area contributed by atoms with Gasteiger partial charge in [0.15, 0.2) is 11.5 Å². The molecule has 1 aromatic heterocycles. The first-order valence-electron chi connectivity index (χ1n) is 7.95. The van der Waals surface area contributed by atoms with Gasteiger partial charge in [0.2, 0.25) is 5.91 Å². The highest BCUT2D eigenvalue weighted by Gasteiger charge is 2.11. The van der Waals surface area contributed by atoms with Gasteiger partial charge in [0.25, 0.3) is 0 Å². The van der Waals surface area contributed by atoms with E-state index in [0.29, 0.717) is 22.7 Å². The minimum atomic E-state index is -0.218. The van der Waals surface area contributed by atoms with E-state index in [1.165, 1.54) is 6.92 Å². The topological polar surface area (TPSA) is 72.2 Å². The molecule has 1 heterocycles. The predicted octanol–water partition coefficient (Wildman–Crippen LogP) is 4.03. The Morgan fingerprint density at radius 2 is 1.84 bits per heavy atom. The van der Waals surface area contributed by atoms with Gasteiger partial charge in [-0.25, -0.2) is 0 Å². The second kappa shape index (κ2) is 7.13. The number of ketones is 1. The lowest BCUT2D eigenvalue weighted by molar-refractivity contribution is -0.115.